The molecule has 3 heterocycles. The molecule has 3 aliphatic rings. The number of benzene rings is 2. The molecule has 0 spiro atoms. The van der Waals surface area contributed by atoms with Gasteiger partial charge < -0.3 is 24.6 Å². The Balaban J connectivity index is 1.29. The summed E-state index contributed by atoms with van der Waals surface area (Å²) in [6.45, 7) is 1.70. The number of fused-ring (bicyclic) bond motifs is 2. The molecule has 1 saturated heterocycles. The molecule has 1 atom stereocenters. The van der Waals surface area contributed by atoms with E-state index >= 15 is 0 Å². The van der Waals surface area contributed by atoms with E-state index < -0.39 is 5.25 Å². The largest absolute Gasteiger partial charge is 0.454 e. The first-order valence-corrected chi connectivity index (χ1v) is 11.5. The van der Waals surface area contributed by atoms with E-state index in [2.05, 4.69) is 5.32 Å². The Kier molecular flexibility index (Phi) is 5.65. The van der Waals surface area contributed by atoms with Gasteiger partial charge in [-0.15, -0.1) is 11.8 Å². The minimum Gasteiger partial charge on any atom is -0.454 e. The van der Waals surface area contributed by atoms with Crippen LogP contribution in [0.2, 0.25) is 0 Å². The van der Waals surface area contributed by atoms with Crippen LogP contribution in [0.3, 0.4) is 0 Å². The molecule has 0 saturated carbocycles. The van der Waals surface area contributed by atoms with E-state index in [1.807, 2.05) is 36.4 Å². The summed E-state index contributed by atoms with van der Waals surface area (Å²) in [6.07, 6.45) is 1.92. The summed E-state index contributed by atoms with van der Waals surface area (Å²) >= 11 is 1.27. The minimum absolute atomic E-state index is 0.148. The maximum absolute atomic E-state index is 13.3. The number of para-hydroxylation sites is 1. The molecule has 0 bridgehead atoms. The molecule has 1 fully saturated rings. The predicted octanol–water partition coefficient (Wildman–Crippen LogP) is 2.16. The van der Waals surface area contributed by atoms with Crippen LogP contribution in [0.25, 0.3) is 0 Å². The maximum atomic E-state index is 13.3. The van der Waals surface area contributed by atoms with Gasteiger partial charge in [0.15, 0.2) is 16.7 Å². The van der Waals surface area contributed by atoms with Crippen LogP contribution < -0.4 is 19.7 Å². The lowest BCUT2D eigenvalue weighted by Crippen LogP contribution is -2.51. The Bertz CT molecular complexity index is 1070. The first-order chi connectivity index (χ1) is 15.6. The predicted molar refractivity (Wildman–Crippen MR) is 119 cm³/mol. The molecule has 3 aliphatic heterocycles. The molecule has 166 valence electrons. The standard InChI is InChI=1S/C23H23N3O5S/c27-20(24-12-15-7-8-17-18(11-15)31-14-30-17)13-26-16-5-1-2-6-19(16)32-21(23(26)29)22(28)25-9-3-4-10-25/h1-2,5-8,11,21H,3-4,9-10,12-14H2,(H,24,27)/t21-/m0/s1. The third kappa shape index (κ3) is 4.00. The summed E-state index contributed by atoms with van der Waals surface area (Å²) in [7, 11) is 0. The number of likely N-dealkylation sites (tertiary alicyclic amines) is 1. The van der Waals surface area contributed by atoms with Gasteiger partial charge in [0.1, 0.15) is 6.54 Å². The second-order valence-electron chi connectivity index (χ2n) is 7.89. The van der Waals surface area contributed by atoms with Gasteiger partial charge in [0.25, 0.3) is 5.91 Å². The molecule has 2 aromatic rings. The summed E-state index contributed by atoms with van der Waals surface area (Å²) in [5.74, 6) is 0.519. The van der Waals surface area contributed by atoms with Crippen LogP contribution in [0.15, 0.2) is 47.4 Å². The maximum Gasteiger partial charge on any atom is 0.250 e. The van der Waals surface area contributed by atoms with E-state index in [0.717, 1.165) is 23.3 Å². The Morgan fingerprint density at radius 2 is 1.84 bits per heavy atom. The van der Waals surface area contributed by atoms with Crippen molar-refractivity contribution in [2.45, 2.75) is 29.5 Å². The molecule has 8 nitrogen and oxygen atoms in total. The molecule has 9 heteroatoms. The highest BCUT2D eigenvalue weighted by atomic mass is 32.2. The Hall–Kier alpha value is -3.20. The zero-order valence-electron chi connectivity index (χ0n) is 17.4. The van der Waals surface area contributed by atoms with E-state index in [1.54, 1.807) is 11.0 Å². The van der Waals surface area contributed by atoms with E-state index in [1.165, 1.54) is 16.7 Å². The van der Waals surface area contributed by atoms with E-state index in [9.17, 15) is 14.4 Å². The number of ether oxygens (including phenoxy) is 2. The lowest BCUT2D eigenvalue weighted by molar-refractivity contribution is -0.134. The third-order valence-corrected chi connectivity index (χ3v) is 7.00. The quantitative estimate of drug-likeness (QED) is 0.698. The fourth-order valence-electron chi connectivity index (χ4n) is 4.09. The monoisotopic (exact) mass is 453 g/mol. The number of hydrogen-bond donors (Lipinski definition) is 1. The van der Waals surface area contributed by atoms with Crippen LogP contribution in [-0.4, -0.2) is 54.3 Å². The molecule has 5 rings (SSSR count). The first kappa shape index (κ1) is 20.7. The van der Waals surface area contributed by atoms with Gasteiger partial charge in [-0.05, 0) is 42.7 Å². The summed E-state index contributed by atoms with van der Waals surface area (Å²) < 4.78 is 10.7. The lowest BCUT2D eigenvalue weighted by atomic mass is 10.2. The molecular formula is C23H23N3O5S. The topological polar surface area (TPSA) is 88.2 Å². The number of amides is 3. The SMILES string of the molecule is O=C(CN1C(=O)[C@H](C(=O)N2CCCC2)Sc2ccccc21)NCc1ccc2c(c1)OCO2. The summed E-state index contributed by atoms with van der Waals surface area (Å²) in [6, 6.07) is 12.9. The van der Waals surface area contributed by atoms with Crippen LogP contribution >= 0.6 is 11.8 Å². The number of carbonyl (C=O) groups excluding carboxylic acids is 3. The van der Waals surface area contributed by atoms with Gasteiger partial charge in [-0.3, -0.25) is 14.4 Å². The van der Waals surface area contributed by atoms with Crippen molar-refractivity contribution in [1.82, 2.24) is 10.2 Å². The average molecular weight is 454 g/mol. The fraction of sp³-hybridized carbons (Fsp3) is 0.348. The Labute approximate surface area is 189 Å². The Morgan fingerprint density at radius 3 is 2.69 bits per heavy atom. The first-order valence-electron chi connectivity index (χ1n) is 10.6. The number of hydrogen-bond acceptors (Lipinski definition) is 6. The molecule has 2 aromatic carbocycles. The van der Waals surface area contributed by atoms with Crippen molar-refractivity contribution in [2.75, 3.05) is 31.3 Å². The molecule has 0 radical (unpaired) electrons. The van der Waals surface area contributed by atoms with Crippen LogP contribution in [0.1, 0.15) is 18.4 Å². The van der Waals surface area contributed by atoms with Crippen LogP contribution in [0, 0.1) is 0 Å². The minimum atomic E-state index is -0.857. The van der Waals surface area contributed by atoms with Crippen molar-refractivity contribution in [2.24, 2.45) is 0 Å². The summed E-state index contributed by atoms with van der Waals surface area (Å²) in [4.78, 5) is 43.0. The number of nitrogens with one attached hydrogen (secondary N) is 1. The molecule has 1 N–H and O–H groups in total. The molecule has 0 aromatic heterocycles. The van der Waals surface area contributed by atoms with Crippen molar-refractivity contribution in [1.29, 1.82) is 0 Å². The number of nitrogens with zero attached hydrogens (tertiary/aromatic N) is 2. The van der Waals surface area contributed by atoms with Gasteiger partial charge in [-0.2, -0.15) is 0 Å². The number of anilines is 1. The van der Waals surface area contributed by atoms with E-state index in [-0.39, 0.29) is 31.1 Å². The van der Waals surface area contributed by atoms with Gasteiger partial charge in [0, 0.05) is 24.5 Å². The number of rotatable bonds is 5. The van der Waals surface area contributed by atoms with E-state index in [4.69, 9.17) is 9.47 Å². The molecule has 32 heavy (non-hydrogen) atoms. The summed E-state index contributed by atoms with van der Waals surface area (Å²) in [5, 5.41) is 2.00. The number of thioether (sulfide) groups is 1. The van der Waals surface area contributed by atoms with Gasteiger partial charge in [0.05, 0.1) is 5.69 Å². The van der Waals surface area contributed by atoms with Crippen molar-refractivity contribution >= 4 is 35.2 Å². The van der Waals surface area contributed by atoms with Crippen molar-refractivity contribution in [3.63, 3.8) is 0 Å². The zero-order chi connectivity index (χ0) is 22.1. The fourth-order valence-corrected chi connectivity index (χ4v) is 5.28. The molecule has 0 aliphatic carbocycles. The van der Waals surface area contributed by atoms with Gasteiger partial charge in [-0.25, -0.2) is 0 Å². The van der Waals surface area contributed by atoms with Crippen molar-refractivity contribution in [3.05, 3.63) is 48.0 Å². The highest BCUT2D eigenvalue weighted by molar-refractivity contribution is 8.01. The third-order valence-electron chi connectivity index (χ3n) is 5.76. The highest BCUT2D eigenvalue weighted by Gasteiger charge is 2.41. The van der Waals surface area contributed by atoms with E-state index in [0.29, 0.717) is 36.8 Å². The second-order valence-corrected chi connectivity index (χ2v) is 9.03. The van der Waals surface area contributed by atoms with Gasteiger partial charge in [0.2, 0.25) is 18.6 Å². The molecular weight excluding hydrogens is 430 g/mol. The van der Waals surface area contributed by atoms with Gasteiger partial charge >= 0.3 is 0 Å². The molecule has 3 amide bonds. The van der Waals surface area contributed by atoms with Crippen molar-refractivity contribution < 1.29 is 23.9 Å². The Morgan fingerprint density at radius 1 is 1.06 bits per heavy atom. The smallest absolute Gasteiger partial charge is 0.250 e. The number of carbonyl (C=O) groups is 3. The second kappa shape index (κ2) is 8.74. The highest BCUT2D eigenvalue weighted by Crippen LogP contribution is 2.40. The zero-order valence-corrected chi connectivity index (χ0v) is 18.2. The van der Waals surface area contributed by atoms with Crippen LogP contribution in [0.4, 0.5) is 5.69 Å². The van der Waals surface area contributed by atoms with Crippen LogP contribution in [-0.2, 0) is 20.9 Å². The lowest BCUT2D eigenvalue weighted by Gasteiger charge is -2.34. The van der Waals surface area contributed by atoms with Gasteiger partial charge in [-0.1, -0.05) is 18.2 Å². The average Bonchev–Trinajstić information content (AvgIpc) is 3.51. The normalized spacial score (nSPS) is 19.1. The molecule has 0 unspecified atom stereocenters. The van der Waals surface area contributed by atoms with Crippen LogP contribution in [0.5, 0.6) is 11.5 Å². The summed E-state index contributed by atoms with van der Waals surface area (Å²) in [5.41, 5.74) is 1.52. The van der Waals surface area contributed by atoms with Crippen molar-refractivity contribution in [3.8, 4) is 11.5 Å².